The standard InChI is InChI=1S/C17H11F15O10/c1-2-38-8-6(42-11(37)14(22,23)17(30,31)32)4(41-10(36)13(20,21)16(27,28)29)3(5(39-8)7(33)34)40-9(35)12(18,19)15(24,25)26/h3-6,8H,2H2,1H3,(H,33,34). The van der Waals surface area contributed by atoms with Gasteiger partial charge >= 0.3 is 60.2 Å². The van der Waals surface area contributed by atoms with Gasteiger partial charge in [0, 0.05) is 6.61 Å². The monoisotopic (exact) mass is 660 g/mol. The Hall–Kier alpha value is -3.25. The van der Waals surface area contributed by atoms with Crippen LogP contribution in [0, 0.1) is 0 Å². The van der Waals surface area contributed by atoms with Gasteiger partial charge in [0.05, 0.1) is 0 Å². The second kappa shape index (κ2) is 11.8. The zero-order valence-electron chi connectivity index (χ0n) is 19.4. The molecule has 0 radical (unpaired) electrons. The Morgan fingerprint density at radius 2 is 0.905 bits per heavy atom. The lowest BCUT2D eigenvalue weighted by Crippen LogP contribution is -2.66. The molecule has 1 aliphatic rings. The molecule has 0 aromatic heterocycles. The molecule has 1 aliphatic heterocycles. The van der Waals surface area contributed by atoms with Gasteiger partial charge in [-0.1, -0.05) is 0 Å². The number of halogens is 15. The zero-order chi connectivity index (χ0) is 33.4. The number of carboxylic acids is 1. The number of aliphatic carboxylic acids is 1. The van der Waals surface area contributed by atoms with E-state index in [0.29, 0.717) is 0 Å². The average Bonchev–Trinajstić information content (AvgIpc) is 2.79. The molecule has 244 valence electrons. The smallest absolute Gasteiger partial charge is 0.465 e. The molecule has 1 saturated heterocycles. The summed E-state index contributed by atoms with van der Waals surface area (Å²) in [5.41, 5.74) is 0. The number of carboxylic acid groups (broad SMARTS) is 1. The van der Waals surface area contributed by atoms with E-state index in [9.17, 15) is 90.1 Å². The molecule has 0 aromatic rings. The van der Waals surface area contributed by atoms with Gasteiger partial charge in [0.25, 0.3) is 0 Å². The molecule has 1 fully saturated rings. The Morgan fingerprint density at radius 3 is 1.19 bits per heavy atom. The van der Waals surface area contributed by atoms with Crippen LogP contribution in [-0.4, -0.2) is 103 Å². The molecule has 1 N–H and O–H groups in total. The van der Waals surface area contributed by atoms with E-state index >= 15 is 0 Å². The number of carbonyl (C=O) groups is 4. The van der Waals surface area contributed by atoms with Crippen LogP contribution in [0.2, 0.25) is 0 Å². The highest BCUT2D eigenvalue weighted by Gasteiger charge is 2.70. The minimum Gasteiger partial charge on any atom is -0.479 e. The summed E-state index contributed by atoms with van der Waals surface area (Å²) in [6.07, 6.45) is -38.6. The first-order valence-corrected chi connectivity index (χ1v) is 10.0. The summed E-state index contributed by atoms with van der Waals surface area (Å²) in [7, 11) is 0. The number of esters is 3. The Morgan fingerprint density at radius 1 is 0.595 bits per heavy atom. The average molecular weight is 660 g/mol. The number of rotatable bonds is 9. The van der Waals surface area contributed by atoms with Crippen molar-refractivity contribution in [1.82, 2.24) is 0 Å². The molecule has 1 heterocycles. The summed E-state index contributed by atoms with van der Waals surface area (Å²) in [5, 5.41) is 9.19. The maximum atomic E-state index is 13.5. The van der Waals surface area contributed by atoms with Gasteiger partial charge in [-0.3, -0.25) is 0 Å². The van der Waals surface area contributed by atoms with Gasteiger partial charge in [0.2, 0.25) is 0 Å². The van der Waals surface area contributed by atoms with E-state index < -0.39 is 97.5 Å². The molecule has 0 bridgehead atoms. The van der Waals surface area contributed by atoms with E-state index in [0.717, 1.165) is 6.92 Å². The minimum atomic E-state index is -6.94. The number of alkyl halides is 15. The van der Waals surface area contributed by atoms with Crippen LogP contribution in [0.3, 0.4) is 0 Å². The van der Waals surface area contributed by atoms with Gasteiger partial charge in [-0.2, -0.15) is 65.9 Å². The van der Waals surface area contributed by atoms with E-state index in [1.807, 2.05) is 0 Å². The lowest BCUT2D eigenvalue weighted by molar-refractivity contribution is -0.329. The van der Waals surface area contributed by atoms with Gasteiger partial charge < -0.3 is 28.8 Å². The van der Waals surface area contributed by atoms with E-state index in [4.69, 9.17) is 0 Å². The van der Waals surface area contributed by atoms with E-state index in [2.05, 4.69) is 23.7 Å². The van der Waals surface area contributed by atoms with Gasteiger partial charge in [-0.15, -0.1) is 0 Å². The third kappa shape index (κ3) is 7.20. The molecule has 0 spiro atoms. The lowest BCUT2D eigenvalue weighted by atomic mass is 9.97. The topological polar surface area (TPSA) is 135 Å². The van der Waals surface area contributed by atoms with Crippen LogP contribution in [0.1, 0.15) is 6.92 Å². The van der Waals surface area contributed by atoms with Crippen molar-refractivity contribution in [2.24, 2.45) is 0 Å². The second-order valence-electron chi connectivity index (χ2n) is 7.54. The Kier molecular flexibility index (Phi) is 10.3. The molecule has 5 unspecified atom stereocenters. The lowest BCUT2D eigenvalue weighted by Gasteiger charge is -2.43. The van der Waals surface area contributed by atoms with Crippen LogP contribution in [0.4, 0.5) is 65.9 Å². The maximum absolute atomic E-state index is 13.5. The van der Waals surface area contributed by atoms with Crippen LogP contribution < -0.4 is 0 Å². The first kappa shape index (κ1) is 36.8. The van der Waals surface area contributed by atoms with Crippen molar-refractivity contribution in [3.63, 3.8) is 0 Å². The SMILES string of the molecule is CCOC1OC(C(=O)O)C(OC(=O)C(F)(F)C(F)(F)F)C(OC(=O)C(F)(F)C(F)(F)F)C1OC(=O)C(F)(F)C(F)(F)F. The Labute approximate surface area is 219 Å². The van der Waals surface area contributed by atoms with Crippen LogP contribution >= 0.6 is 0 Å². The summed E-state index contributed by atoms with van der Waals surface area (Å²) in [4.78, 5) is 46.3. The van der Waals surface area contributed by atoms with Crippen LogP contribution in [-0.2, 0) is 42.9 Å². The fourth-order valence-electron chi connectivity index (χ4n) is 2.64. The molecule has 0 saturated carbocycles. The third-order valence-corrected chi connectivity index (χ3v) is 4.64. The first-order valence-electron chi connectivity index (χ1n) is 10.0. The quantitative estimate of drug-likeness (QED) is 0.223. The highest BCUT2D eigenvalue weighted by molar-refractivity contribution is 5.82. The molecule has 10 nitrogen and oxygen atoms in total. The van der Waals surface area contributed by atoms with E-state index in [1.165, 1.54) is 0 Å². The third-order valence-electron chi connectivity index (χ3n) is 4.64. The van der Waals surface area contributed by atoms with Crippen molar-refractivity contribution in [3.8, 4) is 0 Å². The molecular formula is C17H11F15O10. The van der Waals surface area contributed by atoms with E-state index in [1.54, 1.807) is 0 Å². The fraction of sp³-hybridized carbons (Fsp3) is 0.765. The van der Waals surface area contributed by atoms with Crippen LogP contribution in [0.5, 0.6) is 0 Å². The molecular weight excluding hydrogens is 649 g/mol. The number of carbonyl (C=O) groups excluding carboxylic acids is 3. The van der Waals surface area contributed by atoms with Crippen LogP contribution in [0.25, 0.3) is 0 Å². The molecule has 0 aliphatic carbocycles. The summed E-state index contributed by atoms with van der Waals surface area (Å²) in [6.45, 7) is -0.0894. The largest absolute Gasteiger partial charge is 0.479 e. The highest BCUT2D eigenvalue weighted by Crippen LogP contribution is 2.42. The van der Waals surface area contributed by atoms with Gasteiger partial charge in [0.15, 0.2) is 30.7 Å². The van der Waals surface area contributed by atoms with Crippen molar-refractivity contribution in [2.75, 3.05) is 6.61 Å². The van der Waals surface area contributed by atoms with Crippen molar-refractivity contribution < 1.29 is 114 Å². The summed E-state index contributed by atoms with van der Waals surface area (Å²) in [5.74, 6) is -34.5. The normalized spacial score (nSPS) is 24.5. The minimum absolute atomic E-state index is 0.844. The van der Waals surface area contributed by atoms with Gasteiger partial charge in [-0.25, -0.2) is 19.2 Å². The molecule has 25 heteroatoms. The van der Waals surface area contributed by atoms with Crippen molar-refractivity contribution >= 4 is 23.9 Å². The second-order valence-corrected chi connectivity index (χ2v) is 7.54. The van der Waals surface area contributed by atoms with Crippen molar-refractivity contribution in [3.05, 3.63) is 0 Å². The number of hydrogen-bond donors (Lipinski definition) is 1. The molecule has 0 aromatic carbocycles. The first-order chi connectivity index (χ1) is 18.6. The Bertz CT molecular complexity index is 1040. The fourth-order valence-corrected chi connectivity index (χ4v) is 2.64. The summed E-state index contributed by atoms with van der Waals surface area (Å²) < 4.78 is 213. The molecule has 5 atom stereocenters. The van der Waals surface area contributed by atoms with Crippen molar-refractivity contribution in [2.45, 2.75) is 73.9 Å². The predicted octanol–water partition coefficient (Wildman–Crippen LogP) is 3.16. The summed E-state index contributed by atoms with van der Waals surface area (Å²) >= 11 is 0. The Balaban J connectivity index is 3.87. The van der Waals surface area contributed by atoms with E-state index in [-0.39, 0.29) is 0 Å². The molecule has 0 amide bonds. The van der Waals surface area contributed by atoms with Gasteiger partial charge in [-0.05, 0) is 6.92 Å². The zero-order valence-corrected chi connectivity index (χ0v) is 19.4. The summed E-state index contributed by atoms with van der Waals surface area (Å²) in [6, 6.07) is 0. The molecule has 1 rings (SSSR count). The highest BCUT2D eigenvalue weighted by atomic mass is 19.4. The van der Waals surface area contributed by atoms with Gasteiger partial charge in [0.1, 0.15) is 0 Å². The maximum Gasteiger partial charge on any atom is 0.465 e. The number of hydrogen-bond acceptors (Lipinski definition) is 9. The predicted molar refractivity (Wildman–Crippen MR) is 90.6 cm³/mol. The molecule has 42 heavy (non-hydrogen) atoms. The van der Waals surface area contributed by atoms with Crippen molar-refractivity contribution in [1.29, 1.82) is 0 Å². The van der Waals surface area contributed by atoms with Crippen LogP contribution in [0.15, 0.2) is 0 Å². The number of ether oxygens (including phenoxy) is 5.